The smallest absolute Gasteiger partial charge is 0.158 e. The van der Waals surface area contributed by atoms with Gasteiger partial charge in [0.1, 0.15) is 18.2 Å². The van der Waals surface area contributed by atoms with E-state index in [0.29, 0.717) is 6.61 Å². The maximum absolute atomic E-state index is 5.14. The molecule has 5 nitrogen and oxygen atoms in total. The van der Waals surface area contributed by atoms with Crippen LogP contribution in [0.15, 0.2) is 6.07 Å². The minimum absolute atomic E-state index is 0.444. The van der Waals surface area contributed by atoms with Crippen molar-refractivity contribution in [3.8, 4) is 0 Å². The van der Waals surface area contributed by atoms with Crippen molar-refractivity contribution >= 4 is 11.6 Å². The molecule has 1 aromatic rings. The first-order chi connectivity index (χ1) is 9.72. The molecule has 0 radical (unpaired) electrons. The molecule has 0 unspecified atom stereocenters. The van der Waals surface area contributed by atoms with Gasteiger partial charge >= 0.3 is 0 Å². The lowest BCUT2D eigenvalue weighted by Gasteiger charge is -2.28. The first-order valence-corrected chi connectivity index (χ1v) is 7.48. The quantitative estimate of drug-likeness (QED) is 0.867. The molecule has 1 aliphatic rings. The maximum atomic E-state index is 5.14. The Morgan fingerprint density at radius 3 is 2.70 bits per heavy atom. The lowest BCUT2D eigenvalue weighted by molar-refractivity contribution is 0.178. The molecule has 0 saturated heterocycles. The van der Waals surface area contributed by atoms with Crippen LogP contribution in [0.1, 0.15) is 37.9 Å². The average Bonchev–Trinajstić information content (AvgIpc) is 2.48. The predicted molar refractivity (Wildman–Crippen MR) is 82.1 cm³/mol. The Morgan fingerprint density at radius 2 is 2.05 bits per heavy atom. The summed E-state index contributed by atoms with van der Waals surface area (Å²) in [5, 5.41) is 3.09. The summed E-state index contributed by atoms with van der Waals surface area (Å²) in [7, 11) is 5.66. The summed E-state index contributed by atoms with van der Waals surface area (Å²) in [6.07, 6.45) is 6.84. The first kappa shape index (κ1) is 15.0. The van der Waals surface area contributed by atoms with E-state index in [1.807, 2.05) is 13.1 Å². The van der Waals surface area contributed by atoms with Crippen LogP contribution in [0.3, 0.4) is 0 Å². The molecule has 1 saturated carbocycles. The van der Waals surface area contributed by atoms with E-state index >= 15 is 0 Å². The number of nitrogens with zero attached hydrogens (tertiary/aromatic N) is 3. The molecule has 112 valence electrons. The highest BCUT2D eigenvalue weighted by atomic mass is 16.5. The van der Waals surface area contributed by atoms with Gasteiger partial charge in [0.2, 0.25) is 0 Å². The summed E-state index contributed by atoms with van der Waals surface area (Å²) in [6.45, 7) is 1.52. The van der Waals surface area contributed by atoms with E-state index in [0.717, 1.165) is 29.9 Å². The molecule has 2 rings (SSSR count). The fourth-order valence-electron chi connectivity index (χ4n) is 2.85. The molecular weight excluding hydrogens is 252 g/mol. The van der Waals surface area contributed by atoms with Crippen molar-refractivity contribution in [3.63, 3.8) is 0 Å². The average molecular weight is 278 g/mol. The normalized spacial score (nSPS) is 16.1. The molecule has 20 heavy (non-hydrogen) atoms. The molecule has 0 aromatic carbocycles. The lowest BCUT2D eigenvalue weighted by atomic mass is 9.89. The number of ether oxygens (including phenoxy) is 1. The SMILES string of the molecule is CNc1cc(N(C)CC2CCCCC2)nc(COC)n1. The van der Waals surface area contributed by atoms with E-state index in [4.69, 9.17) is 4.74 Å². The van der Waals surface area contributed by atoms with E-state index in [1.54, 1.807) is 7.11 Å². The highest BCUT2D eigenvalue weighted by molar-refractivity contribution is 5.48. The van der Waals surface area contributed by atoms with Gasteiger partial charge in [-0.15, -0.1) is 0 Å². The Bertz CT molecular complexity index is 418. The fraction of sp³-hybridized carbons (Fsp3) is 0.733. The molecule has 1 fully saturated rings. The molecule has 1 aromatic heterocycles. The van der Waals surface area contributed by atoms with Crippen LogP contribution in [0.4, 0.5) is 11.6 Å². The van der Waals surface area contributed by atoms with Crippen molar-refractivity contribution in [1.82, 2.24) is 9.97 Å². The standard InChI is InChI=1S/C15H26N4O/c1-16-13-9-15(18-14(17-13)11-20-3)19(2)10-12-7-5-4-6-8-12/h9,12H,4-8,10-11H2,1-3H3,(H,16,17,18). The zero-order valence-corrected chi connectivity index (χ0v) is 12.9. The van der Waals surface area contributed by atoms with Gasteiger partial charge < -0.3 is 15.0 Å². The second kappa shape index (κ2) is 7.43. The van der Waals surface area contributed by atoms with E-state index in [2.05, 4.69) is 27.2 Å². The number of hydrogen-bond acceptors (Lipinski definition) is 5. The number of methoxy groups -OCH3 is 1. The third-order valence-electron chi connectivity index (χ3n) is 3.94. The monoisotopic (exact) mass is 278 g/mol. The Hall–Kier alpha value is -1.36. The molecule has 0 atom stereocenters. The molecule has 1 heterocycles. The van der Waals surface area contributed by atoms with Crippen LogP contribution in [-0.4, -0.2) is 37.7 Å². The zero-order chi connectivity index (χ0) is 14.4. The Kier molecular flexibility index (Phi) is 5.59. The molecule has 0 spiro atoms. The summed E-state index contributed by atoms with van der Waals surface area (Å²) < 4.78 is 5.14. The minimum Gasteiger partial charge on any atom is -0.377 e. The largest absolute Gasteiger partial charge is 0.377 e. The van der Waals surface area contributed by atoms with Crippen molar-refractivity contribution in [2.24, 2.45) is 5.92 Å². The van der Waals surface area contributed by atoms with Gasteiger partial charge in [0.15, 0.2) is 5.82 Å². The Morgan fingerprint density at radius 1 is 1.30 bits per heavy atom. The van der Waals surface area contributed by atoms with Gasteiger partial charge in [0.25, 0.3) is 0 Å². The van der Waals surface area contributed by atoms with Crippen molar-refractivity contribution < 1.29 is 4.74 Å². The zero-order valence-electron chi connectivity index (χ0n) is 12.9. The Balaban J connectivity index is 2.06. The molecule has 0 bridgehead atoms. The van der Waals surface area contributed by atoms with E-state index < -0.39 is 0 Å². The summed E-state index contributed by atoms with van der Waals surface area (Å²) in [5.74, 6) is 3.34. The topological polar surface area (TPSA) is 50.3 Å². The molecule has 5 heteroatoms. The molecule has 1 N–H and O–H groups in total. The summed E-state index contributed by atoms with van der Waals surface area (Å²) >= 11 is 0. The molecular formula is C15H26N4O. The van der Waals surface area contributed by atoms with Crippen molar-refractivity contribution in [2.75, 3.05) is 38.0 Å². The third kappa shape index (κ3) is 4.07. The predicted octanol–water partition coefficient (Wildman–Crippen LogP) is 2.68. The van der Waals surface area contributed by atoms with Gasteiger partial charge in [-0.1, -0.05) is 19.3 Å². The molecule has 0 aliphatic heterocycles. The highest BCUT2D eigenvalue weighted by Gasteiger charge is 2.17. The van der Waals surface area contributed by atoms with Crippen LogP contribution < -0.4 is 10.2 Å². The van der Waals surface area contributed by atoms with Gasteiger partial charge in [-0.2, -0.15) is 0 Å². The van der Waals surface area contributed by atoms with Gasteiger partial charge in [-0.3, -0.25) is 0 Å². The van der Waals surface area contributed by atoms with Crippen LogP contribution >= 0.6 is 0 Å². The van der Waals surface area contributed by atoms with Crippen LogP contribution in [0.2, 0.25) is 0 Å². The fourth-order valence-corrected chi connectivity index (χ4v) is 2.85. The highest BCUT2D eigenvalue weighted by Crippen LogP contribution is 2.25. The van der Waals surface area contributed by atoms with Crippen LogP contribution in [0.25, 0.3) is 0 Å². The van der Waals surface area contributed by atoms with E-state index in [-0.39, 0.29) is 0 Å². The molecule has 0 amide bonds. The van der Waals surface area contributed by atoms with Crippen molar-refractivity contribution in [1.29, 1.82) is 0 Å². The first-order valence-electron chi connectivity index (χ1n) is 7.48. The second-order valence-corrected chi connectivity index (χ2v) is 5.60. The number of nitrogens with one attached hydrogen (secondary N) is 1. The number of anilines is 2. The minimum atomic E-state index is 0.444. The number of hydrogen-bond donors (Lipinski definition) is 1. The summed E-state index contributed by atoms with van der Waals surface area (Å²) in [4.78, 5) is 11.2. The summed E-state index contributed by atoms with van der Waals surface area (Å²) in [6, 6.07) is 2.00. The van der Waals surface area contributed by atoms with Crippen molar-refractivity contribution in [2.45, 2.75) is 38.7 Å². The van der Waals surface area contributed by atoms with Crippen LogP contribution in [-0.2, 0) is 11.3 Å². The number of rotatable bonds is 6. The van der Waals surface area contributed by atoms with E-state index in [1.165, 1.54) is 32.1 Å². The summed E-state index contributed by atoms with van der Waals surface area (Å²) in [5.41, 5.74) is 0. The van der Waals surface area contributed by atoms with Crippen LogP contribution in [0, 0.1) is 5.92 Å². The van der Waals surface area contributed by atoms with Gasteiger partial charge in [0.05, 0.1) is 0 Å². The number of aromatic nitrogens is 2. The van der Waals surface area contributed by atoms with Crippen LogP contribution in [0.5, 0.6) is 0 Å². The lowest BCUT2D eigenvalue weighted by Crippen LogP contribution is -2.28. The second-order valence-electron chi connectivity index (χ2n) is 5.60. The third-order valence-corrected chi connectivity index (χ3v) is 3.94. The van der Waals surface area contributed by atoms with Crippen molar-refractivity contribution in [3.05, 3.63) is 11.9 Å². The molecule has 1 aliphatic carbocycles. The van der Waals surface area contributed by atoms with Gasteiger partial charge in [-0.25, -0.2) is 9.97 Å². The van der Waals surface area contributed by atoms with E-state index in [9.17, 15) is 0 Å². The van der Waals surface area contributed by atoms with Gasteiger partial charge in [0, 0.05) is 33.8 Å². The van der Waals surface area contributed by atoms with Gasteiger partial charge in [-0.05, 0) is 18.8 Å². The Labute approximate surface area is 121 Å². The maximum Gasteiger partial charge on any atom is 0.158 e.